The van der Waals surface area contributed by atoms with Crippen LogP contribution >= 0.6 is 15.9 Å². The Morgan fingerprint density at radius 3 is 2.41 bits per heavy atom. The second kappa shape index (κ2) is 10.7. The van der Waals surface area contributed by atoms with Gasteiger partial charge in [-0.2, -0.15) is 5.10 Å². The molecule has 0 aromatic heterocycles. The summed E-state index contributed by atoms with van der Waals surface area (Å²) in [6, 6.07) is 17.8. The van der Waals surface area contributed by atoms with Gasteiger partial charge in [-0.25, -0.2) is 5.43 Å². The molecule has 3 rings (SSSR count). The van der Waals surface area contributed by atoms with Crippen molar-refractivity contribution < 1.29 is 14.3 Å². The van der Waals surface area contributed by atoms with E-state index in [2.05, 4.69) is 31.8 Å². The predicted molar refractivity (Wildman–Crippen MR) is 131 cm³/mol. The van der Waals surface area contributed by atoms with E-state index in [-0.39, 0.29) is 11.5 Å². The molecule has 3 aromatic rings. The number of nitrogens with one attached hydrogen (secondary N) is 2. The van der Waals surface area contributed by atoms with Crippen molar-refractivity contribution in [2.24, 2.45) is 5.10 Å². The number of halogens is 1. The third kappa shape index (κ3) is 6.04. The van der Waals surface area contributed by atoms with Crippen LogP contribution in [0.25, 0.3) is 0 Å². The van der Waals surface area contributed by atoms with Gasteiger partial charge < -0.3 is 10.1 Å². The van der Waals surface area contributed by atoms with Gasteiger partial charge in [0.1, 0.15) is 5.75 Å². The predicted octanol–water partition coefficient (Wildman–Crippen LogP) is 5.48. The number of hydrogen-bond donors (Lipinski definition) is 2. The Bertz CT molecular complexity index is 1160. The maximum atomic E-state index is 12.8. The normalized spacial score (nSPS) is 10.8. The zero-order valence-electron chi connectivity index (χ0n) is 18.1. The van der Waals surface area contributed by atoms with Crippen molar-refractivity contribution in [1.82, 2.24) is 5.43 Å². The number of ether oxygens (including phenoxy) is 1. The van der Waals surface area contributed by atoms with Gasteiger partial charge in [0.15, 0.2) is 0 Å². The van der Waals surface area contributed by atoms with Crippen LogP contribution in [0.5, 0.6) is 5.75 Å². The molecule has 3 aromatic carbocycles. The molecule has 0 unspecified atom stereocenters. The Hall–Kier alpha value is -3.45. The number of benzene rings is 3. The number of carbonyl (C=O) groups is 2. The molecular weight excluding hydrogens is 470 g/mol. The molecule has 32 heavy (non-hydrogen) atoms. The topological polar surface area (TPSA) is 79.8 Å². The van der Waals surface area contributed by atoms with Crippen LogP contribution in [-0.4, -0.2) is 24.6 Å². The van der Waals surface area contributed by atoms with E-state index in [0.29, 0.717) is 28.1 Å². The van der Waals surface area contributed by atoms with Crippen molar-refractivity contribution in [3.05, 3.63) is 93.0 Å². The summed E-state index contributed by atoms with van der Waals surface area (Å²) < 4.78 is 6.11. The third-order valence-corrected chi connectivity index (χ3v) is 5.31. The molecule has 0 aliphatic carbocycles. The van der Waals surface area contributed by atoms with Crippen LogP contribution in [0.3, 0.4) is 0 Å². The van der Waals surface area contributed by atoms with Crippen LogP contribution in [0, 0.1) is 13.8 Å². The highest BCUT2D eigenvalue weighted by atomic mass is 79.9. The number of hydrazone groups is 1. The summed E-state index contributed by atoms with van der Waals surface area (Å²) in [5.74, 6) is -0.0779. The molecule has 0 spiro atoms. The van der Waals surface area contributed by atoms with Crippen LogP contribution < -0.4 is 15.5 Å². The molecule has 0 bridgehead atoms. The van der Waals surface area contributed by atoms with Gasteiger partial charge in [-0.3, -0.25) is 9.59 Å². The number of anilines is 1. The molecule has 0 heterocycles. The Morgan fingerprint density at radius 2 is 1.72 bits per heavy atom. The highest BCUT2D eigenvalue weighted by molar-refractivity contribution is 9.10. The molecule has 0 fully saturated rings. The SMILES string of the molecule is CCOc1ccc(C(=O)Nc2ccc(Br)cc2C(=O)NN=Cc2ccc(C)c(C)c2)cc1. The molecule has 0 radical (unpaired) electrons. The minimum absolute atomic E-state index is 0.288. The number of hydrogen-bond acceptors (Lipinski definition) is 4. The third-order valence-electron chi connectivity index (χ3n) is 4.81. The van der Waals surface area contributed by atoms with Gasteiger partial charge >= 0.3 is 0 Å². The van der Waals surface area contributed by atoms with Crippen molar-refractivity contribution in [2.45, 2.75) is 20.8 Å². The molecule has 7 heteroatoms. The standard InChI is InChI=1S/C25H24BrN3O3/c1-4-32-21-10-7-19(8-11-21)24(30)28-23-12-9-20(26)14-22(23)25(31)29-27-15-18-6-5-16(2)17(3)13-18/h5-15H,4H2,1-3H3,(H,28,30)(H,29,31). The number of carbonyl (C=O) groups excluding carboxylic acids is 2. The molecule has 0 saturated carbocycles. The Morgan fingerprint density at radius 1 is 0.969 bits per heavy atom. The molecule has 0 aliphatic heterocycles. The van der Waals surface area contributed by atoms with E-state index in [4.69, 9.17) is 4.74 Å². The molecule has 2 amide bonds. The summed E-state index contributed by atoms with van der Waals surface area (Å²) in [5, 5.41) is 6.85. The lowest BCUT2D eigenvalue weighted by molar-refractivity contribution is 0.0956. The first-order valence-electron chi connectivity index (χ1n) is 10.1. The summed E-state index contributed by atoms with van der Waals surface area (Å²) in [6.45, 7) is 6.50. The van der Waals surface area contributed by atoms with E-state index in [1.807, 2.05) is 39.0 Å². The maximum Gasteiger partial charge on any atom is 0.273 e. The summed E-state index contributed by atoms with van der Waals surface area (Å²) in [5.41, 5.74) is 6.86. The van der Waals surface area contributed by atoms with Gasteiger partial charge in [-0.1, -0.05) is 34.1 Å². The zero-order chi connectivity index (χ0) is 23.1. The smallest absolute Gasteiger partial charge is 0.273 e. The van der Waals surface area contributed by atoms with Crippen LogP contribution in [-0.2, 0) is 0 Å². The lowest BCUT2D eigenvalue weighted by Gasteiger charge is -2.11. The Kier molecular flexibility index (Phi) is 7.78. The molecule has 6 nitrogen and oxygen atoms in total. The number of amides is 2. The average Bonchev–Trinajstić information content (AvgIpc) is 2.78. The van der Waals surface area contributed by atoms with Gasteiger partial charge in [0.25, 0.3) is 11.8 Å². The summed E-state index contributed by atoms with van der Waals surface area (Å²) in [4.78, 5) is 25.4. The maximum absolute atomic E-state index is 12.8. The minimum Gasteiger partial charge on any atom is -0.494 e. The number of aryl methyl sites for hydroxylation is 2. The zero-order valence-corrected chi connectivity index (χ0v) is 19.7. The fraction of sp³-hybridized carbons (Fsp3) is 0.160. The first kappa shape index (κ1) is 23.2. The van der Waals surface area contributed by atoms with E-state index in [0.717, 1.165) is 11.1 Å². The van der Waals surface area contributed by atoms with Crippen LogP contribution in [0.4, 0.5) is 5.69 Å². The van der Waals surface area contributed by atoms with Gasteiger partial charge in [-0.05, 0) is 79.9 Å². The van der Waals surface area contributed by atoms with E-state index >= 15 is 0 Å². The summed E-state index contributed by atoms with van der Waals surface area (Å²) in [7, 11) is 0. The van der Waals surface area contributed by atoms with Gasteiger partial charge in [0.05, 0.1) is 24.1 Å². The fourth-order valence-electron chi connectivity index (χ4n) is 2.95. The molecule has 2 N–H and O–H groups in total. The first-order chi connectivity index (χ1) is 15.4. The molecule has 0 saturated heterocycles. The van der Waals surface area contributed by atoms with Crippen LogP contribution in [0.15, 0.2) is 70.2 Å². The highest BCUT2D eigenvalue weighted by Crippen LogP contribution is 2.22. The number of rotatable bonds is 7. The van der Waals surface area contributed by atoms with Crippen molar-refractivity contribution in [3.8, 4) is 5.75 Å². The first-order valence-corrected chi connectivity index (χ1v) is 10.9. The second-order valence-electron chi connectivity index (χ2n) is 7.14. The monoisotopic (exact) mass is 493 g/mol. The van der Waals surface area contributed by atoms with Crippen molar-refractivity contribution in [2.75, 3.05) is 11.9 Å². The van der Waals surface area contributed by atoms with E-state index in [1.54, 1.807) is 48.7 Å². The molecular formula is C25H24BrN3O3. The second-order valence-corrected chi connectivity index (χ2v) is 8.06. The Labute approximate surface area is 195 Å². The minimum atomic E-state index is -0.437. The van der Waals surface area contributed by atoms with Crippen molar-refractivity contribution in [3.63, 3.8) is 0 Å². The highest BCUT2D eigenvalue weighted by Gasteiger charge is 2.15. The van der Waals surface area contributed by atoms with E-state index in [1.165, 1.54) is 5.56 Å². The Balaban J connectivity index is 1.73. The van der Waals surface area contributed by atoms with Crippen LogP contribution in [0.2, 0.25) is 0 Å². The van der Waals surface area contributed by atoms with E-state index in [9.17, 15) is 9.59 Å². The van der Waals surface area contributed by atoms with Gasteiger partial charge in [0.2, 0.25) is 0 Å². The lowest BCUT2D eigenvalue weighted by atomic mass is 10.1. The summed E-state index contributed by atoms with van der Waals surface area (Å²) in [6.07, 6.45) is 1.58. The molecule has 0 aliphatic rings. The fourth-order valence-corrected chi connectivity index (χ4v) is 3.31. The van der Waals surface area contributed by atoms with Gasteiger partial charge in [-0.15, -0.1) is 0 Å². The summed E-state index contributed by atoms with van der Waals surface area (Å²) >= 11 is 3.37. The molecule has 0 atom stereocenters. The molecule has 164 valence electrons. The van der Waals surface area contributed by atoms with Crippen molar-refractivity contribution >= 4 is 39.6 Å². The average molecular weight is 494 g/mol. The van der Waals surface area contributed by atoms with E-state index < -0.39 is 5.91 Å². The van der Waals surface area contributed by atoms with Crippen LogP contribution in [0.1, 0.15) is 44.3 Å². The number of nitrogens with zero attached hydrogens (tertiary/aromatic N) is 1. The largest absolute Gasteiger partial charge is 0.494 e. The van der Waals surface area contributed by atoms with Crippen molar-refractivity contribution in [1.29, 1.82) is 0 Å². The lowest BCUT2D eigenvalue weighted by Crippen LogP contribution is -2.21. The quantitative estimate of drug-likeness (QED) is 0.337. The van der Waals surface area contributed by atoms with Gasteiger partial charge in [0, 0.05) is 10.0 Å².